The van der Waals surface area contributed by atoms with E-state index in [-0.39, 0.29) is 6.16 Å². The third-order valence-corrected chi connectivity index (χ3v) is 6.61. The van der Waals surface area contributed by atoms with Gasteiger partial charge in [-0.1, -0.05) is 64.7 Å². The van der Waals surface area contributed by atoms with Crippen LogP contribution >= 0.6 is 7.60 Å². The van der Waals surface area contributed by atoms with Crippen LogP contribution in [0.2, 0.25) is 0 Å². The molecule has 8 nitrogen and oxygen atoms in total. The van der Waals surface area contributed by atoms with Gasteiger partial charge in [-0.3, -0.25) is 9.09 Å². The van der Waals surface area contributed by atoms with Crippen LogP contribution < -0.4 is 0 Å². The molecule has 0 aliphatic heterocycles. The minimum atomic E-state index is -4.11. The highest BCUT2D eigenvalue weighted by Crippen LogP contribution is 2.46. The minimum absolute atomic E-state index is 0.131. The van der Waals surface area contributed by atoms with Gasteiger partial charge in [0.2, 0.25) is 0 Å². The molecule has 1 saturated carbocycles. The van der Waals surface area contributed by atoms with E-state index in [1.807, 2.05) is 0 Å². The van der Waals surface area contributed by atoms with Crippen molar-refractivity contribution in [2.24, 2.45) is 0 Å². The van der Waals surface area contributed by atoms with Gasteiger partial charge in [-0.05, 0) is 6.42 Å². The molecule has 1 fully saturated rings. The van der Waals surface area contributed by atoms with Crippen LogP contribution in [0.3, 0.4) is 0 Å². The first-order valence-electron chi connectivity index (χ1n) is 10.1. The second kappa shape index (κ2) is 12.5. The van der Waals surface area contributed by atoms with Gasteiger partial charge in [0.15, 0.2) is 0 Å². The van der Waals surface area contributed by atoms with E-state index in [1.54, 1.807) is 0 Å². The van der Waals surface area contributed by atoms with E-state index in [4.69, 9.17) is 4.52 Å². The van der Waals surface area contributed by atoms with Gasteiger partial charge in [-0.25, -0.2) is 0 Å². The lowest BCUT2D eigenvalue weighted by molar-refractivity contribution is -0.217. The average Bonchev–Trinajstić information content (AvgIpc) is 2.63. The van der Waals surface area contributed by atoms with Crippen LogP contribution in [-0.4, -0.2) is 73.2 Å². The van der Waals surface area contributed by atoms with E-state index in [0.29, 0.717) is 6.42 Å². The highest BCUT2D eigenvalue weighted by Gasteiger charge is 2.50. The number of aliphatic hydroxyl groups excluding tert-OH is 5. The van der Waals surface area contributed by atoms with Crippen LogP contribution in [0.4, 0.5) is 0 Å². The van der Waals surface area contributed by atoms with E-state index >= 15 is 0 Å². The van der Waals surface area contributed by atoms with Crippen LogP contribution in [0.5, 0.6) is 0 Å². The van der Waals surface area contributed by atoms with E-state index < -0.39 is 44.2 Å². The first-order valence-corrected chi connectivity index (χ1v) is 11.9. The van der Waals surface area contributed by atoms with E-state index in [9.17, 15) is 35.0 Å². The van der Waals surface area contributed by atoms with Crippen molar-refractivity contribution in [3.63, 3.8) is 0 Å². The lowest BCUT2D eigenvalue weighted by Crippen LogP contribution is -2.64. The van der Waals surface area contributed by atoms with Gasteiger partial charge in [0, 0.05) is 6.16 Å². The summed E-state index contributed by atoms with van der Waals surface area (Å²) in [5.41, 5.74) is 0. The molecule has 6 N–H and O–H groups in total. The fraction of sp³-hybridized carbons (Fsp3) is 1.00. The summed E-state index contributed by atoms with van der Waals surface area (Å²) in [6.07, 6.45) is 0.109. The van der Waals surface area contributed by atoms with Gasteiger partial charge in [0.25, 0.3) is 0 Å². The molecule has 0 bridgehead atoms. The fourth-order valence-electron chi connectivity index (χ4n) is 3.36. The maximum atomic E-state index is 12.2. The van der Waals surface area contributed by atoms with Crippen molar-refractivity contribution in [3.8, 4) is 0 Å². The summed E-state index contributed by atoms with van der Waals surface area (Å²) in [5.74, 6) is 0. The standard InChI is InChI=1S/C18H37O8P/c1-2-3-4-5-6-7-8-9-10-11-12-27(24,25)26-18-16(22)14(20)13(19)15(21)17(18)23/h13-23H,2-12H2,1H3,(H,24,25)/t13?,14-,15+,16-,17-,18?/m0/s1. The summed E-state index contributed by atoms with van der Waals surface area (Å²) >= 11 is 0. The number of aliphatic hydroxyl groups is 5. The molecule has 0 heterocycles. The van der Waals surface area contributed by atoms with Crippen molar-refractivity contribution in [1.82, 2.24) is 0 Å². The van der Waals surface area contributed by atoms with Crippen molar-refractivity contribution in [2.75, 3.05) is 6.16 Å². The third kappa shape index (κ3) is 8.46. The molecule has 0 amide bonds. The lowest BCUT2D eigenvalue weighted by atomic mass is 9.85. The molecule has 162 valence electrons. The molecule has 0 saturated heterocycles. The van der Waals surface area contributed by atoms with Gasteiger partial charge in [-0.15, -0.1) is 0 Å². The molecular formula is C18H37O8P. The summed E-state index contributed by atoms with van der Waals surface area (Å²) < 4.78 is 17.1. The van der Waals surface area contributed by atoms with Crippen molar-refractivity contribution in [3.05, 3.63) is 0 Å². The molecule has 7 atom stereocenters. The Morgan fingerprint density at radius 3 is 1.48 bits per heavy atom. The summed E-state index contributed by atoms with van der Waals surface area (Å²) in [6, 6.07) is 0. The lowest BCUT2D eigenvalue weighted by Gasteiger charge is -2.41. The second-order valence-corrected chi connectivity index (χ2v) is 9.50. The predicted molar refractivity (Wildman–Crippen MR) is 101 cm³/mol. The molecule has 1 aliphatic rings. The zero-order valence-electron chi connectivity index (χ0n) is 16.2. The number of hydrogen-bond donors (Lipinski definition) is 6. The largest absolute Gasteiger partial charge is 0.387 e. The summed E-state index contributed by atoms with van der Waals surface area (Å²) in [4.78, 5) is 9.95. The molecule has 3 unspecified atom stereocenters. The molecule has 0 spiro atoms. The summed E-state index contributed by atoms with van der Waals surface area (Å²) in [6.45, 7) is 2.19. The van der Waals surface area contributed by atoms with Crippen molar-refractivity contribution in [1.29, 1.82) is 0 Å². The van der Waals surface area contributed by atoms with Gasteiger partial charge < -0.3 is 30.4 Å². The maximum absolute atomic E-state index is 12.2. The second-order valence-electron chi connectivity index (χ2n) is 7.57. The Labute approximate surface area is 161 Å². The van der Waals surface area contributed by atoms with Crippen molar-refractivity contribution >= 4 is 7.60 Å². The maximum Gasteiger partial charge on any atom is 0.328 e. The Morgan fingerprint density at radius 1 is 0.667 bits per heavy atom. The predicted octanol–water partition coefficient (Wildman–Crippen LogP) is 1.30. The van der Waals surface area contributed by atoms with Crippen molar-refractivity contribution in [2.45, 2.75) is 108 Å². The molecule has 9 heteroatoms. The van der Waals surface area contributed by atoms with Gasteiger partial charge >= 0.3 is 7.60 Å². The van der Waals surface area contributed by atoms with Crippen LogP contribution in [0.25, 0.3) is 0 Å². The van der Waals surface area contributed by atoms with Gasteiger partial charge in [0.05, 0.1) is 0 Å². The minimum Gasteiger partial charge on any atom is -0.387 e. The number of hydrogen-bond acceptors (Lipinski definition) is 7. The quantitative estimate of drug-likeness (QED) is 0.196. The van der Waals surface area contributed by atoms with Crippen LogP contribution in [-0.2, 0) is 9.09 Å². The first kappa shape index (κ1) is 25.0. The zero-order chi connectivity index (χ0) is 20.4. The Kier molecular flexibility index (Phi) is 11.6. The van der Waals surface area contributed by atoms with Crippen LogP contribution in [0.1, 0.15) is 71.1 Å². The highest BCUT2D eigenvalue weighted by atomic mass is 31.2. The molecule has 0 radical (unpaired) electrons. The zero-order valence-corrected chi connectivity index (χ0v) is 17.1. The first-order chi connectivity index (χ1) is 12.7. The smallest absolute Gasteiger partial charge is 0.328 e. The SMILES string of the molecule is CCCCCCCCCCCCP(=O)(O)OC1[C@@H](O)[C@H](O)C(O)[C@H](O)[C@@H]1O. The van der Waals surface area contributed by atoms with E-state index in [1.165, 1.54) is 32.1 Å². The Hall–Kier alpha value is -0.0500. The van der Waals surface area contributed by atoms with E-state index in [2.05, 4.69) is 6.92 Å². The molecule has 0 aromatic rings. The highest BCUT2D eigenvalue weighted by molar-refractivity contribution is 7.52. The van der Waals surface area contributed by atoms with E-state index in [0.717, 1.165) is 25.7 Å². The summed E-state index contributed by atoms with van der Waals surface area (Å²) in [7, 11) is -4.11. The normalized spacial score (nSPS) is 33.7. The molecule has 27 heavy (non-hydrogen) atoms. The molecule has 0 aromatic carbocycles. The fourth-order valence-corrected chi connectivity index (χ4v) is 4.72. The molecule has 0 aromatic heterocycles. The third-order valence-electron chi connectivity index (χ3n) is 5.15. The van der Waals surface area contributed by atoms with Gasteiger partial charge in [0.1, 0.15) is 36.6 Å². The Balaban J connectivity index is 2.26. The van der Waals surface area contributed by atoms with Crippen LogP contribution in [0, 0.1) is 0 Å². The molecular weight excluding hydrogens is 375 g/mol. The molecule has 1 rings (SSSR count). The number of unbranched alkanes of at least 4 members (excludes halogenated alkanes) is 9. The van der Waals surface area contributed by atoms with Crippen LogP contribution in [0.15, 0.2) is 0 Å². The summed E-state index contributed by atoms with van der Waals surface area (Å²) in [5, 5.41) is 48.5. The monoisotopic (exact) mass is 412 g/mol. The molecule has 1 aliphatic carbocycles. The Bertz CT molecular complexity index is 433. The van der Waals surface area contributed by atoms with Crippen molar-refractivity contribution < 1.29 is 39.5 Å². The number of rotatable bonds is 13. The van der Waals surface area contributed by atoms with Gasteiger partial charge in [-0.2, -0.15) is 0 Å². The Morgan fingerprint density at radius 2 is 1.04 bits per heavy atom. The topological polar surface area (TPSA) is 148 Å². The average molecular weight is 412 g/mol.